The Morgan fingerprint density at radius 3 is 2.62 bits per heavy atom. The van der Waals surface area contributed by atoms with Gasteiger partial charge in [0.2, 0.25) is 11.8 Å². The molecule has 2 aromatic carbocycles. The lowest BCUT2D eigenvalue weighted by Gasteiger charge is -2.28. The molecule has 2 fully saturated rings. The number of nitrogens with zero attached hydrogens (tertiary/aromatic N) is 3. The maximum Gasteiger partial charge on any atom is 0.264 e. The summed E-state index contributed by atoms with van der Waals surface area (Å²) in [6.45, 7) is 3.29. The molecule has 0 spiro atoms. The Hall–Kier alpha value is -3.20. The van der Waals surface area contributed by atoms with Crippen molar-refractivity contribution in [2.45, 2.75) is 57.2 Å². The zero-order valence-corrected chi connectivity index (χ0v) is 22.8. The van der Waals surface area contributed by atoms with E-state index in [9.17, 15) is 24.6 Å². The Labute approximate surface area is 233 Å². The standard InChI is InChI=1S/C30H34ClN3O5/c1-20(5-2-7-27(36)33-15-3-6-24(33)19-35)30(39)25-17-22(31)11-14-26(25)34(29(30)38)18-21-9-12-23(13-10-21)32-16-4-8-28(32)37/h2,5,9-14,17,20,24,35,39H,3-4,6-8,15-16,18-19H2,1H3/b5-2+/t20-,24+,30+/m1/s1. The number of halogens is 1. The first-order valence-electron chi connectivity index (χ1n) is 13.5. The first-order valence-corrected chi connectivity index (χ1v) is 13.9. The van der Waals surface area contributed by atoms with Crippen LogP contribution in [0.4, 0.5) is 11.4 Å². The fourth-order valence-corrected chi connectivity index (χ4v) is 6.12. The first-order chi connectivity index (χ1) is 18.7. The van der Waals surface area contributed by atoms with Crippen molar-refractivity contribution >= 4 is 40.7 Å². The number of aliphatic hydroxyl groups excluding tert-OH is 1. The number of amides is 3. The summed E-state index contributed by atoms with van der Waals surface area (Å²) >= 11 is 6.29. The van der Waals surface area contributed by atoms with Crippen LogP contribution in [0.25, 0.3) is 0 Å². The van der Waals surface area contributed by atoms with Gasteiger partial charge in [0.05, 0.1) is 24.9 Å². The Kier molecular flexibility index (Phi) is 7.80. The SMILES string of the molecule is C[C@H](/C=C/CC(=O)N1CCC[C@H]1CO)[C@@]1(O)C(=O)N(Cc2ccc(N3CCCC3=O)cc2)c2ccc(Cl)cc21. The van der Waals surface area contributed by atoms with Crippen LogP contribution in [-0.4, -0.2) is 58.6 Å². The molecule has 8 nitrogen and oxygen atoms in total. The van der Waals surface area contributed by atoms with Crippen LogP contribution in [-0.2, 0) is 26.5 Å². The Balaban J connectivity index is 1.34. The quantitative estimate of drug-likeness (QED) is 0.486. The summed E-state index contributed by atoms with van der Waals surface area (Å²) in [5, 5.41) is 21.8. The minimum atomic E-state index is -1.84. The van der Waals surface area contributed by atoms with Crippen LogP contribution in [0.3, 0.4) is 0 Å². The van der Waals surface area contributed by atoms with E-state index in [0.717, 1.165) is 30.5 Å². The number of likely N-dealkylation sites (tertiary alicyclic amines) is 1. The molecule has 3 amide bonds. The monoisotopic (exact) mass is 551 g/mol. The summed E-state index contributed by atoms with van der Waals surface area (Å²) in [4.78, 5) is 43.6. The number of carbonyl (C=O) groups excluding carboxylic acids is 3. The topological polar surface area (TPSA) is 101 Å². The predicted octanol–water partition coefficient (Wildman–Crippen LogP) is 3.77. The summed E-state index contributed by atoms with van der Waals surface area (Å²) in [6.07, 6.45) is 6.60. The largest absolute Gasteiger partial charge is 0.394 e. The van der Waals surface area contributed by atoms with E-state index in [1.165, 1.54) is 0 Å². The van der Waals surface area contributed by atoms with Gasteiger partial charge >= 0.3 is 0 Å². The molecule has 0 unspecified atom stereocenters. The third-order valence-electron chi connectivity index (χ3n) is 8.18. The molecule has 9 heteroatoms. The molecule has 206 valence electrons. The predicted molar refractivity (Wildman–Crippen MR) is 149 cm³/mol. The number of hydrogen-bond acceptors (Lipinski definition) is 5. The van der Waals surface area contributed by atoms with E-state index in [1.54, 1.807) is 52.0 Å². The second kappa shape index (κ2) is 11.1. The highest BCUT2D eigenvalue weighted by Crippen LogP contribution is 2.46. The van der Waals surface area contributed by atoms with Gasteiger partial charge in [-0.05, 0) is 55.2 Å². The molecule has 0 aromatic heterocycles. The lowest BCUT2D eigenvalue weighted by molar-refractivity contribution is -0.139. The van der Waals surface area contributed by atoms with E-state index in [0.29, 0.717) is 35.8 Å². The Bertz CT molecular complexity index is 1300. The van der Waals surface area contributed by atoms with Crippen LogP contribution in [0.15, 0.2) is 54.6 Å². The highest BCUT2D eigenvalue weighted by Gasteiger charge is 2.52. The average Bonchev–Trinajstić information content (AvgIpc) is 3.64. The molecule has 0 bridgehead atoms. The van der Waals surface area contributed by atoms with Crippen molar-refractivity contribution in [1.82, 2.24) is 4.90 Å². The minimum Gasteiger partial charge on any atom is -0.394 e. The maximum atomic E-state index is 13.8. The van der Waals surface area contributed by atoms with Crippen LogP contribution in [0.2, 0.25) is 5.02 Å². The van der Waals surface area contributed by atoms with Gasteiger partial charge in [0.1, 0.15) is 0 Å². The van der Waals surface area contributed by atoms with Crippen LogP contribution in [0.1, 0.15) is 50.2 Å². The van der Waals surface area contributed by atoms with Crippen molar-refractivity contribution in [1.29, 1.82) is 0 Å². The molecule has 3 atom stereocenters. The van der Waals surface area contributed by atoms with Crippen LogP contribution >= 0.6 is 11.6 Å². The third kappa shape index (κ3) is 5.09. The number of aliphatic hydroxyl groups is 2. The Morgan fingerprint density at radius 2 is 1.92 bits per heavy atom. The number of rotatable bonds is 8. The summed E-state index contributed by atoms with van der Waals surface area (Å²) in [6, 6.07) is 12.5. The Morgan fingerprint density at radius 1 is 1.15 bits per heavy atom. The van der Waals surface area contributed by atoms with Crippen molar-refractivity contribution in [2.24, 2.45) is 5.92 Å². The second-order valence-electron chi connectivity index (χ2n) is 10.6. The molecular formula is C30H34ClN3O5. The zero-order valence-electron chi connectivity index (χ0n) is 22.1. The van der Waals surface area contributed by atoms with Gasteiger partial charge in [-0.2, -0.15) is 0 Å². The van der Waals surface area contributed by atoms with Crippen molar-refractivity contribution < 1.29 is 24.6 Å². The van der Waals surface area contributed by atoms with E-state index in [4.69, 9.17) is 11.6 Å². The lowest BCUT2D eigenvalue weighted by Crippen LogP contribution is -2.44. The van der Waals surface area contributed by atoms with Crippen LogP contribution < -0.4 is 9.80 Å². The average molecular weight is 552 g/mol. The van der Waals surface area contributed by atoms with Crippen molar-refractivity contribution in [3.63, 3.8) is 0 Å². The molecule has 39 heavy (non-hydrogen) atoms. The van der Waals surface area contributed by atoms with Crippen molar-refractivity contribution in [2.75, 3.05) is 29.5 Å². The van der Waals surface area contributed by atoms with E-state index in [2.05, 4.69) is 0 Å². The van der Waals surface area contributed by atoms with Crippen molar-refractivity contribution in [3.8, 4) is 0 Å². The van der Waals surface area contributed by atoms with Gasteiger partial charge in [-0.15, -0.1) is 0 Å². The third-order valence-corrected chi connectivity index (χ3v) is 8.41. The fraction of sp³-hybridized carbons (Fsp3) is 0.433. The summed E-state index contributed by atoms with van der Waals surface area (Å²) in [5.41, 5.74) is 0.877. The lowest BCUT2D eigenvalue weighted by atomic mass is 9.83. The van der Waals surface area contributed by atoms with E-state index in [1.807, 2.05) is 24.3 Å². The van der Waals surface area contributed by atoms with Gasteiger partial charge in [0.25, 0.3) is 5.91 Å². The summed E-state index contributed by atoms with van der Waals surface area (Å²) in [5.74, 6) is -1.05. The molecular weight excluding hydrogens is 518 g/mol. The molecule has 2 aromatic rings. The molecule has 2 saturated heterocycles. The molecule has 0 aliphatic carbocycles. The van der Waals surface area contributed by atoms with Gasteiger partial charge in [-0.3, -0.25) is 14.4 Å². The van der Waals surface area contributed by atoms with Crippen molar-refractivity contribution in [3.05, 3.63) is 70.8 Å². The number of hydrogen-bond donors (Lipinski definition) is 2. The minimum absolute atomic E-state index is 0.0490. The first kappa shape index (κ1) is 27.4. The molecule has 3 aliphatic rings. The van der Waals surface area contributed by atoms with Gasteiger partial charge in [0.15, 0.2) is 5.60 Å². The summed E-state index contributed by atoms with van der Waals surface area (Å²) in [7, 11) is 0. The van der Waals surface area contributed by atoms with E-state index < -0.39 is 17.4 Å². The van der Waals surface area contributed by atoms with E-state index in [-0.39, 0.29) is 37.4 Å². The van der Waals surface area contributed by atoms with Gasteiger partial charge in [0, 0.05) is 48.1 Å². The molecule has 3 heterocycles. The molecule has 2 N–H and O–H groups in total. The smallest absolute Gasteiger partial charge is 0.264 e. The van der Waals surface area contributed by atoms with Gasteiger partial charge in [-0.25, -0.2) is 0 Å². The van der Waals surface area contributed by atoms with Gasteiger partial charge < -0.3 is 24.9 Å². The zero-order chi connectivity index (χ0) is 27.7. The number of benzene rings is 2. The fourth-order valence-electron chi connectivity index (χ4n) is 5.94. The second-order valence-corrected chi connectivity index (χ2v) is 11.1. The molecule has 3 aliphatic heterocycles. The number of anilines is 2. The summed E-state index contributed by atoms with van der Waals surface area (Å²) < 4.78 is 0. The maximum absolute atomic E-state index is 13.8. The molecule has 0 radical (unpaired) electrons. The number of fused-ring (bicyclic) bond motifs is 1. The van der Waals surface area contributed by atoms with Crippen LogP contribution in [0.5, 0.6) is 0 Å². The number of carbonyl (C=O) groups is 3. The van der Waals surface area contributed by atoms with E-state index >= 15 is 0 Å². The molecule has 0 saturated carbocycles. The molecule has 5 rings (SSSR count). The highest BCUT2D eigenvalue weighted by molar-refractivity contribution is 6.31. The van der Waals surface area contributed by atoms with Gasteiger partial charge in [-0.1, -0.05) is 42.8 Å². The van der Waals surface area contributed by atoms with Crippen LogP contribution in [0, 0.1) is 5.92 Å². The normalized spacial score (nSPS) is 23.8. The highest BCUT2D eigenvalue weighted by atomic mass is 35.5.